The third-order valence-corrected chi connectivity index (χ3v) is 13.0. The van der Waals surface area contributed by atoms with Crippen LogP contribution in [0.1, 0.15) is 88.0 Å². The lowest BCUT2D eigenvalue weighted by atomic mass is 9.88. The van der Waals surface area contributed by atoms with Crippen LogP contribution in [0.25, 0.3) is 0 Å². The van der Waals surface area contributed by atoms with Crippen molar-refractivity contribution in [2.45, 2.75) is 83.0 Å². The standard InChI is InChI=1S/C25H33F2NO2Si/c1-15(2)31(16(3)4,17(5)6)30-22-13-12-19(18-9-7-11-21(26)23(18)27)25(29)20-10-8-14-28-24(20)22/h7-11,14-17,19,22H,12-13H2,1-6H3/t19-,22+/m1/s1. The molecule has 0 radical (unpaired) electrons. The van der Waals surface area contributed by atoms with E-state index in [2.05, 4.69) is 46.5 Å². The molecule has 31 heavy (non-hydrogen) atoms. The van der Waals surface area contributed by atoms with E-state index in [1.807, 2.05) is 0 Å². The Morgan fingerprint density at radius 2 is 1.61 bits per heavy atom. The fourth-order valence-corrected chi connectivity index (χ4v) is 11.1. The summed E-state index contributed by atoms with van der Waals surface area (Å²) in [7, 11) is -2.23. The van der Waals surface area contributed by atoms with Crippen LogP contribution in [0.15, 0.2) is 36.5 Å². The molecule has 1 aromatic heterocycles. The Morgan fingerprint density at radius 1 is 0.968 bits per heavy atom. The van der Waals surface area contributed by atoms with E-state index in [-0.39, 0.29) is 17.5 Å². The highest BCUT2D eigenvalue weighted by Gasteiger charge is 2.48. The molecule has 0 fully saturated rings. The molecule has 0 bridgehead atoms. The Labute approximate surface area is 185 Å². The number of hydrogen-bond donors (Lipinski definition) is 0. The Hall–Kier alpha value is -1.92. The third-order valence-electron chi connectivity index (χ3n) is 6.85. The molecular formula is C25H33F2NO2Si. The van der Waals surface area contributed by atoms with Crippen LogP contribution in [-0.2, 0) is 4.43 Å². The maximum atomic E-state index is 14.6. The predicted octanol–water partition coefficient (Wildman–Crippen LogP) is 7.35. The number of ketones is 1. The van der Waals surface area contributed by atoms with Gasteiger partial charge in [0.05, 0.1) is 17.7 Å². The van der Waals surface area contributed by atoms with Gasteiger partial charge in [-0.15, -0.1) is 0 Å². The van der Waals surface area contributed by atoms with Gasteiger partial charge in [0.25, 0.3) is 0 Å². The van der Waals surface area contributed by atoms with Crippen molar-refractivity contribution in [1.29, 1.82) is 0 Å². The quantitative estimate of drug-likeness (QED) is 0.344. The highest BCUT2D eigenvalue weighted by atomic mass is 28.4. The second-order valence-corrected chi connectivity index (χ2v) is 14.9. The normalized spacial score (nSPS) is 19.8. The molecule has 1 heterocycles. The number of halogens is 2. The van der Waals surface area contributed by atoms with Crippen LogP contribution in [0.4, 0.5) is 8.78 Å². The second-order valence-electron chi connectivity index (χ2n) is 9.50. The van der Waals surface area contributed by atoms with Crippen molar-refractivity contribution >= 4 is 14.1 Å². The van der Waals surface area contributed by atoms with Gasteiger partial charge >= 0.3 is 0 Å². The van der Waals surface area contributed by atoms with Crippen LogP contribution < -0.4 is 0 Å². The summed E-state index contributed by atoms with van der Waals surface area (Å²) in [5.74, 6) is -2.84. The van der Waals surface area contributed by atoms with Gasteiger partial charge in [0, 0.05) is 17.3 Å². The summed E-state index contributed by atoms with van der Waals surface area (Å²) in [5.41, 5.74) is 2.35. The van der Waals surface area contributed by atoms with Crippen LogP contribution in [0.5, 0.6) is 0 Å². The summed E-state index contributed by atoms with van der Waals surface area (Å²) in [6.07, 6.45) is 2.27. The van der Waals surface area contributed by atoms with Crippen molar-refractivity contribution in [3.8, 4) is 0 Å². The molecule has 1 aliphatic carbocycles. The minimum Gasteiger partial charge on any atom is -0.408 e. The van der Waals surface area contributed by atoms with Gasteiger partial charge in [0.1, 0.15) is 0 Å². The van der Waals surface area contributed by atoms with Crippen LogP contribution >= 0.6 is 0 Å². The molecule has 3 rings (SSSR count). The van der Waals surface area contributed by atoms with Gasteiger partial charge in [-0.1, -0.05) is 53.7 Å². The number of hydrogen-bond acceptors (Lipinski definition) is 3. The first-order valence-corrected chi connectivity index (χ1v) is 13.4. The highest BCUT2D eigenvalue weighted by molar-refractivity contribution is 6.77. The molecule has 0 N–H and O–H groups in total. The summed E-state index contributed by atoms with van der Waals surface area (Å²) >= 11 is 0. The number of benzene rings is 1. The molecular weight excluding hydrogens is 412 g/mol. The van der Waals surface area contributed by atoms with Crippen molar-refractivity contribution < 1.29 is 18.0 Å². The average Bonchev–Trinajstić information content (AvgIpc) is 2.84. The van der Waals surface area contributed by atoms with Gasteiger partial charge < -0.3 is 4.43 Å². The number of pyridine rings is 1. The summed E-state index contributed by atoms with van der Waals surface area (Å²) < 4.78 is 35.5. The van der Waals surface area contributed by atoms with Gasteiger partial charge in [-0.25, -0.2) is 8.78 Å². The summed E-state index contributed by atoms with van der Waals surface area (Å²) in [6, 6.07) is 7.50. The first-order chi connectivity index (χ1) is 14.6. The number of fused-ring (bicyclic) bond motifs is 1. The summed E-state index contributed by atoms with van der Waals surface area (Å²) in [5, 5.41) is 0. The number of carbonyl (C=O) groups is 1. The first kappa shape index (κ1) is 23.7. The molecule has 168 valence electrons. The molecule has 0 saturated heterocycles. The number of carbonyl (C=O) groups excluding carboxylic acids is 1. The lowest BCUT2D eigenvalue weighted by molar-refractivity contribution is 0.0954. The van der Waals surface area contributed by atoms with Gasteiger partial charge in [-0.2, -0.15) is 0 Å². The Morgan fingerprint density at radius 3 is 2.23 bits per heavy atom. The number of aromatic nitrogens is 1. The Bertz CT molecular complexity index is 923. The van der Waals surface area contributed by atoms with Crippen molar-refractivity contribution in [1.82, 2.24) is 4.98 Å². The van der Waals surface area contributed by atoms with E-state index < -0.39 is 25.9 Å². The molecule has 0 aliphatic heterocycles. The van der Waals surface area contributed by atoms with E-state index in [0.29, 0.717) is 40.7 Å². The minimum atomic E-state index is -2.23. The Kier molecular flexibility index (Phi) is 7.11. The molecule has 1 aromatic carbocycles. The Balaban J connectivity index is 2.07. The van der Waals surface area contributed by atoms with E-state index in [1.165, 1.54) is 12.1 Å². The molecule has 0 unspecified atom stereocenters. The molecule has 6 heteroatoms. The fraction of sp³-hybridized carbons (Fsp3) is 0.520. The SMILES string of the molecule is CC(C)[Si](O[C@H]1CC[C@H](c2cccc(F)c2F)C(=O)c2cccnc21)(C(C)C)C(C)C. The van der Waals surface area contributed by atoms with Crippen LogP contribution in [0.2, 0.25) is 16.6 Å². The smallest absolute Gasteiger partial charge is 0.201 e. The van der Waals surface area contributed by atoms with Crippen molar-refractivity contribution in [3.05, 3.63) is 65.0 Å². The monoisotopic (exact) mass is 445 g/mol. The van der Waals surface area contributed by atoms with Gasteiger partial charge in [-0.3, -0.25) is 9.78 Å². The second kappa shape index (κ2) is 9.29. The van der Waals surface area contributed by atoms with Crippen molar-refractivity contribution in [2.75, 3.05) is 0 Å². The number of rotatable bonds is 6. The average molecular weight is 446 g/mol. The van der Waals surface area contributed by atoms with Crippen molar-refractivity contribution in [3.63, 3.8) is 0 Å². The molecule has 2 aromatic rings. The third kappa shape index (κ3) is 4.24. The molecule has 0 amide bonds. The largest absolute Gasteiger partial charge is 0.408 e. The summed E-state index contributed by atoms with van der Waals surface area (Å²) in [4.78, 5) is 18.0. The van der Waals surface area contributed by atoms with E-state index in [1.54, 1.807) is 18.3 Å². The molecule has 2 atom stereocenters. The zero-order valence-electron chi connectivity index (χ0n) is 19.3. The van der Waals surface area contributed by atoms with Gasteiger partial charge in [-0.05, 0) is 47.7 Å². The lowest BCUT2D eigenvalue weighted by Gasteiger charge is -2.44. The molecule has 0 spiro atoms. The summed E-state index contributed by atoms with van der Waals surface area (Å²) in [6.45, 7) is 13.3. The van der Waals surface area contributed by atoms with Crippen molar-refractivity contribution in [2.24, 2.45) is 0 Å². The van der Waals surface area contributed by atoms with Gasteiger partial charge in [0.2, 0.25) is 8.32 Å². The van der Waals surface area contributed by atoms with Crippen LogP contribution in [-0.4, -0.2) is 19.1 Å². The molecule has 0 saturated carbocycles. The zero-order valence-corrected chi connectivity index (χ0v) is 20.3. The maximum Gasteiger partial charge on any atom is 0.201 e. The van der Waals surface area contributed by atoms with E-state index >= 15 is 0 Å². The fourth-order valence-electron chi connectivity index (χ4n) is 5.51. The maximum absolute atomic E-state index is 14.6. The first-order valence-electron chi connectivity index (χ1n) is 11.2. The molecule has 1 aliphatic rings. The van der Waals surface area contributed by atoms with E-state index in [4.69, 9.17) is 4.43 Å². The van der Waals surface area contributed by atoms with Crippen LogP contribution in [0.3, 0.4) is 0 Å². The van der Waals surface area contributed by atoms with E-state index in [9.17, 15) is 13.6 Å². The lowest BCUT2D eigenvalue weighted by Crippen LogP contribution is -2.48. The minimum absolute atomic E-state index is 0.112. The van der Waals surface area contributed by atoms with Gasteiger partial charge in [0.15, 0.2) is 17.4 Å². The number of Topliss-reactive ketones (excluding diaryl/α,β-unsaturated/α-hetero) is 1. The van der Waals surface area contributed by atoms with E-state index in [0.717, 1.165) is 6.07 Å². The zero-order chi connectivity index (χ0) is 22.9. The number of nitrogens with zero attached hydrogens (tertiary/aromatic N) is 1. The topological polar surface area (TPSA) is 39.2 Å². The molecule has 3 nitrogen and oxygen atoms in total. The highest BCUT2D eigenvalue weighted by Crippen LogP contribution is 2.47. The van der Waals surface area contributed by atoms with Crippen LogP contribution in [0, 0.1) is 11.6 Å². The predicted molar refractivity (Wildman–Crippen MR) is 122 cm³/mol.